The first-order valence-corrected chi connectivity index (χ1v) is 6.37. The highest BCUT2D eigenvalue weighted by Crippen LogP contribution is 2.11. The number of nitrogens with one attached hydrogen (secondary N) is 1. The average molecular weight is 225 g/mol. The van der Waals surface area contributed by atoms with E-state index in [-0.39, 0.29) is 0 Å². The predicted molar refractivity (Wildman–Crippen MR) is 65.4 cm³/mol. The Morgan fingerprint density at radius 1 is 1.60 bits per heavy atom. The summed E-state index contributed by atoms with van der Waals surface area (Å²) in [6, 6.07) is 4.43. The number of carbonyl (C=O) groups is 1. The SMILES string of the molecule is CCNC(C)CC(=O)CCc1cccs1. The van der Waals surface area contributed by atoms with E-state index in [1.54, 1.807) is 11.3 Å². The van der Waals surface area contributed by atoms with Crippen LogP contribution in [-0.2, 0) is 11.2 Å². The minimum Gasteiger partial charge on any atom is -0.314 e. The zero-order valence-electron chi connectivity index (χ0n) is 9.45. The maximum Gasteiger partial charge on any atom is 0.134 e. The molecule has 1 N–H and O–H groups in total. The number of ketones is 1. The smallest absolute Gasteiger partial charge is 0.134 e. The second-order valence-corrected chi connectivity index (χ2v) is 4.81. The molecule has 0 aromatic carbocycles. The van der Waals surface area contributed by atoms with Crippen LogP contribution in [0, 0.1) is 0 Å². The zero-order chi connectivity index (χ0) is 11.1. The van der Waals surface area contributed by atoms with Gasteiger partial charge in [-0.15, -0.1) is 11.3 Å². The van der Waals surface area contributed by atoms with E-state index >= 15 is 0 Å². The van der Waals surface area contributed by atoms with Crippen LogP contribution in [0.1, 0.15) is 31.6 Å². The van der Waals surface area contributed by atoms with Crippen molar-refractivity contribution in [3.63, 3.8) is 0 Å². The lowest BCUT2D eigenvalue weighted by atomic mass is 10.1. The Morgan fingerprint density at radius 2 is 2.40 bits per heavy atom. The molecular formula is C12H19NOS. The van der Waals surface area contributed by atoms with Crippen LogP contribution in [0.25, 0.3) is 0 Å². The monoisotopic (exact) mass is 225 g/mol. The highest BCUT2D eigenvalue weighted by Gasteiger charge is 2.08. The molecule has 0 bridgehead atoms. The van der Waals surface area contributed by atoms with Gasteiger partial charge in [-0.3, -0.25) is 4.79 Å². The molecule has 15 heavy (non-hydrogen) atoms. The van der Waals surface area contributed by atoms with Crippen LogP contribution in [0.4, 0.5) is 0 Å². The molecule has 2 nitrogen and oxygen atoms in total. The molecule has 0 aliphatic heterocycles. The van der Waals surface area contributed by atoms with Gasteiger partial charge < -0.3 is 5.32 Å². The van der Waals surface area contributed by atoms with Crippen molar-refractivity contribution in [1.29, 1.82) is 0 Å². The van der Waals surface area contributed by atoms with Gasteiger partial charge in [-0.1, -0.05) is 13.0 Å². The molecule has 1 aromatic heterocycles. The number of aryl methyl sites for hydroxylation is 1. The van der Waals surface area contributed by atoms with Crippen LogP contribution >= 0.6 is 11.3 Å². The van der Waals surface area contributed by atoms with Crippen LogP contribution in [-0.4, -0.2) is 18.4 Å². The summed E-state index contributed by atoms with van der Waals surface area (Å²) in [5.41, 5.74) is 0. The van der Waals surface area contributed by atoms with Gasteiger partial charge in [-0.2, -0.15) is 0 Å². The fourth-order valence-corrected chi connectivity index (χ4v) is 2.29. The second-order valence-electron chi connectivity index (χ2n) is 3.78. The van der Waals surface area contributed by atoms with Crippen LogP contribution in [0.2, 0.25) is 0 Å². The molecule has 1 heterocycles. The summed E-state index contributed by atoms with van der Waals surface area (Å²) in [6.07, 6.45) is 2.23. The van der Waals surface area contributed by atoms with Gasteiger partial charge in [0.25, 0.3) is 0 Å². The quantitative estimate of drug-likeness (QED) is 0.773. The van der Waals surface area contributed by atoms with Crippen LogP contribution < -0.4 is 5.32 Å². The van der Waals surface area contributed by atoms with Gasteiger partial charge in [-0.05, 0) is 31.3 Å². The fraction of sp³-hybridized carbons (Fsp3) is 0.583. The predicted octanol–water partition coefficient (Wildman–Crippen LogP) is 2.64. The van der Waals surface area contributed by atoms with E-state index in [9.17, 15) is 4.79 Å². The van der Waals surface area contributed by atoms with E-state index in [4.69, 9.17) is 0 Å². The van der Waals surface area contributed by atoms with E-state index < -0.39 is 0 Å². The molecule has 84 valence electrons. The topological polar surface area (TPSA) is 29.1 Å². The van der Waals surface area contributed by atoms with Crippen LogP contribution in [0.15, 0.2) is 17.5 Å². The normalized spacial score (nSPS) is 12.7. The first-order chi connectivity index (χ1) is 7.22. The Labute approximate surface area is 95.7 Å². The van der Waals surface area contributed by atoms with Crippen molar-refractivity contribution in [3.8, 4) is 0 Å². The van der Waals surface area contributed by atoms with Crippen LogP contribution in [0.5, 0.6) is 0 Å². The molecule has 0 saturated carbocycles. The van der Waals surface area contributed by atoms with Crippen LogP contribution in [0.3, 0.4) is 0 Å². The standard InChI is InChI=1S/C12H19NOS/c1-3-13-10(2)9-11(14)6-7-12-5-4-8-15-12/h4-5,8,10,13H,3,6-7,9H2,1-2H3. The number of hydrogen-bond donors (Lipinski definition) is 1. The Bertz CT molecular complexity index is 282. The summed E-state index contributed by atoms with van der Waals surface area (Å²) in [5, 5.41) is 5.31. The van der Waals surface area contributed by atoms with Crippen molar-refractivity contribution in [2.75, 3.05) is 6.54 Å². The van der Waals surface area contributed by atoms with Gasteiger partial charge in [-0.25, -0.2) is 0 Å². The third kappa shape index (κ3) is 5.09. The fourth-order valence-electron chi connectivity index (χ4n) is 1.58. The molecule has 0 aliphatic carbocycles. The Hall–Kier alpha value is -0.670. The molecule has 0 aliphatic rings. The average Bonchev–Trinajstić information content (AvgIpc) is 2.67. The minimum atomic E-state index is 0.311. The molecule has 0 radical (unpaired) electrons. The highest BCUT2D eigenvalue weighted by atomic mass is 32.1. The van der Waals surface area contributed by atoms with Crippen molar-refractivity contribution >= 4 is 17.1 Å². The lowest BCUT2D eigenvalue weighted by Crippen LogP contribution is -2.28. The summed E-state index contributed by atoms with van der Waals surface area (Å²) in [6.45, 7) is 5.05. The number of carbonyl (C=O) groups excluding carboxylic acids is 1. The van der Waals surface area contributed by atoms with Crippen molar-refractivity contribution < 1.29 is 4.79 Å². The molecule has 1 aromatic rings. The maximum absolute atomic E-state index is 11.6. The number of rotatable bonds is 7. The van der Waals surface area contributed by atoms with E-state index in [1.807, 2.05) is 6.07 Å². The molecule has 1 atom stereocenters. The molecule has 1 unspecified atom stereocenters. The molecule has 1 rings (SSSR count). The Morgan fingerprint density at radius 3 is 3.00 bits per heavy atom. The summed E-state index contributed by atoms with van der Waals surface area (Å²) in [4.78, 5) is 12.9. The summed E-state index contributed by atoms with van der Waals surface area (Å²) < 4.78 is 0. The first kappa shape index (κ1) is 12.4. The first-order valence-electron chi connectivity index (χ1n) is 5.49. The van der Waals surface area contributed by atoms with E-state index in [0.29, 0.717) is 24.7 Å². The molecule has 0 saturated heterocycles. The lowest BCUT2D eigenvalue weighted by Gasteiger charge is -2.10. The largest absolute Gasteiger partial charge is 0.314 e. The van der Waals surface area contributed by atoms with Gasteiger partial charge >= 0.3 is 0 Å². The van der Waals surface area contributed by atoms with Gasteiger partial charge in [0, 0.05) is 23.8 Å². The van der Waals surface area contributed by atoms with Crippen molar-refractivity contribution in [3.05, 3.63) is 22.4 Å². The van der Waals surface area contributed by atoms with Crippen molar-refractivity contribution in [2.45, 2.75) is 39.2 Å². The molecular weight excluding hydrogens is 206 g/mol. The van der Waals surface area contributed by atoms with E-state index in [0.717, 1.165) is 13.0 Å². The number of hydrogen-bond acceptors (Lipinski definition) is 3. The zero-order valence-corrected chi connectivity index (χ0v) is 10.3. The minimum absolute atomic E-state index is 0.311. The van der Waals surface area contributed by atoms with Gasteiger partial charge in [0.1, 0.15) is 5.78 Å². The Kier molecular flexibility index (Phi) is 5.58. The molecule has 0 amide bonds. The second kappa shape index (κ2) is 6.75. The van der Waals surface area contributed by atoms with Crippen molar-refractivity contribution in [1.82, 2.24) is 5.32 Å². The molecule has 3 heteroatoms. The Balaban J connectivity index is 2.19. The van der Waals surface area contributed by atoms with E-state index in [1.165, 1.54) is 4.88 Å². The number of Topliss-reactive ketones (excluding diaryl/α,β-unsaturated/α-hetero) is 1. The van der Waals surface area contributed by atoms with Crippen molar-refractivity contribution in [2.24, 2.45) is 0 Å². The maximum atomic E-state index is 11.6. The summed E-state index contributed by atoms with van der Waals surface area (Å²) >= 11 is 1.73. The number of thiophene rings is 1. The third-order valence-corrected chi connectivity index (χ3v) is 3.25. The van der Waals surface area contributed by atoms with E-state index in [2.05, 4.69) is 30.6 Å². The van der Waals surface area contributed by atoms with Gasteiger partial charge in [0.2, 0.25) is 0 Å². The third-order valence-electron chi connectivity index (χ3n) is 2.32. The van der Waals surface area contributed by atoms with Gasteiger partial charge in [0.05, 0.1) is 0 Å². The highest BCUT2D eigenvalue weighted by molar-refractivity contribution is 7.09. The van der Waals surface area contributed by atoms with Gasteiger partial charge in [0.15, 0.2) is 0 Å². The lowest BCUT2D eigenvalue weighted by molar-refractivity contribution is -0.119. The molecule has 0 spiro atoms. The molecule has 0 fully saturated rings. The summed E-state index contributed by atoms with van der Waals surface area (Å²) in [5.74, 6) is 0.358. The summed E-state index contributed by atoms with van der Waals surface area (Å²) in [7, 11) is 0.